The number of carbonyl (C=O) groups is 2. The topological polar surface area (TPSA) is 63.6 Å². The zero-order chi connectivity index (χ0) is 23.3. The van der Waals surface area contributed by atoms with Gasteiger partial charge in [-0.2, -0.15) is 12.1 Å². The normalized spacial score (nSPS) is 11.7. The summed E-state index contributed by atoms with van der Waals surface area (Å²) in [5.41, 5.74) is 2.36. The maximum atomic E-state index is 12.9. The van der Waals surface area contributed by atoms with E-state index in [1.54, 1.807) is 32.2 Å². The quantitative estimate of drug-likeness (QED) is 0.193. The van der Waals surface area contributed by atoms with E-state index in [2.05, 4.69) is 18.2 Å². The standard InChI is InChI=1S/C27H31ClO4.CH3.Li/c1-20(17-27(30)31)16-26(29)25(22-12-9-14-24(19-22)32-2)15-7-5-3-4-6-10-21-11-8-13-23(28)18-21;;/h8-9,11,13-14,18-20H,3-7,10,16-17H2,1-2H3,(H,30,31);1H3;/q-2;-1;+1/t20-;;/m0../s1. The third-order valence-electron chi connectivity index (χ3n) is 5.20. The van der Waals surface area contributed by atoms with Gasteiger partial charge in [-0.15, -0.1) is 6.07 Å². The number of methoxy groups -OCH3 is 1. The number of aryl methyl sites for hydroxylation is 1. The van der Waals surface area contributed by atoms with Crippen LogP contribution in [-0.2, 0) is 16.0 Å². The van der Waals surface area contributed by atoms with E-state index in [1.165, 1.54) is 5.56 Å². The third-order valence-corrected chi connectivity index (χ3v) is 5.43. The molecular weight excluding hydrogens is 443 g/mol. The Hall–Kier alpha value is -1.99. The van der Waals surface area contributed by atoms with Gasteiger partial charge in [0, 0.05) is 23.0 Å². The van der Waals surface area contributed by atoms with Crippen LogP contribution in [0.15, 0.2) is 42.5 Å². The Kier molecular flexibility index (Phi) is 16.4. The number of halogens is 1. The molecule has 0 unspecified atom stereocenters. The molecule has 0 aliphatic heterocycles. The van der Waals surface area contributed by atoms with Crippen molar-refractivity contribution in [3.05, 3.63) is 78.2 Å². The van der Waals surface area contributed by atoms with Gasteiger partial charge in [-0.05, 0) is 42.9 Å². The van der Waals surface area contributed by atoms with Crippen molar-refractivity contribution in [1.29, 1.82) is 0 Å². The van der Waals surface area contributed by atoms with Gasteiger partial charge in [0.2, 0.25) is 0 Å². The fourth-order valence-corrected chi connectivity index (χ4v) is 3.78. The van der Waals surface area contributed by atoms with Crippen LogP contribution in [0.25, 0.3) is 5.57 Å². The molecule has 0 spiro atoms. The number of rotatable bonds is 14. The van der Waals surface area contributed by atoms with Crippen molar-refractivity contribution in [3.63, 3.8) is 0 Å². The van der Waals surface area contributed by atoms with Crippen LogP contribution in [0.3, 0.4) is 0 Å². The second-order valence-corrected chi connectivity index (χ2v) is 8.50. The molecular formula is C28H34ClLiO4-2. The maximum Gasteiger partial charge on any atom is 1.00 e. The second-order valence-electron chi connectivity index (χ2n) is 8.07. The molecule has 0 amide bonds. The first kappa shape index (κ1) is 32.0. The van der Waals surface area contributed by atoms with Crippen molar-refractivity contribution in [3.8, 4) is 5.75 Å². The molecule has 0 aliphatic carbocycles. The molecule has 4 nitrogen and oxygen atoms in total. The Labute approximate surface area is 221 Å². The van der Waals surface area contributed by atoms with Crippen molar-refractivity contribution >= 4 is 28.9 Å². The first-order valence-electron chi connectivity index (χ1n) is 11.1. The summed E-state index contributed by atoms with van der Waals surface area (Å²) in [5, 5.41) is 9.76. The Morgan fingerprint density at radius 1 is 1.12 bits per heavy atom. The van der Waals surface area contributed by atoms with E-state index in [9.17, 15) is 9.59 Å². The molecule has 0 aromatic heterocycles. The van der Waals surface area contributed by atoms with Gasteiger partial charge in [-0.3, -0.25) is 4.79 Å². The first-order valence-corrected chi connectivity index (χ1v) is 11.4. The molecule has 0 aliphatic rings. The van der Waals surface area contributed by atoms with Crippen molar-refractivity contribution in [1.82, 2.24) is 0 Å². The molecule has 1 N–H and O–H groups in total. The van der Waals surface area contributed by atoms with Crippen LogP contribution >= 0.6 is 11.6 Å². The average molecular weight is 477 g/mol. The van der Waals surface area contributed by atoms with Crippen LogP contribution < -0.4 is 23.6 Å². The van der Waals surface area contributed by atoms with Crippen molar-refractivity contribution in [2.75, 3.05) is 7.11 Å². The number of hydrogen-bond donors (Lipinski definition) is 1. The van der Waals surface area contributed by atoms with Crippen molar-refractivity contribution in [2.45, 2.75) is 58.3 Å². The van der Waals surface area contributed by atoms with E-state index >= 15 is 0 Å². The molecule has 2 aromatic rings. The minimum Gasteiger partial charge on any atom is -0.517 e. The summed E-state index contributed by atoms with van der Waals surface area (Å²) >= 11 is 6.03. The van der Waals surface area contributed by atoms with Crippen molar-refractivity contribution in [2.24, 2.45) is 5.92 Å². The van der Waals surface area contributed by atoms with Gasteiger partial charge in [0.1, 0.15) is 0 Å². The smallest absolute Gasteiger partial charge is 0.517 e. The minimum absolute atomic E-state index is 0. The van der Waals surface area contributed by atoms with E-state index < -0.39 is 5.97 Å². The second kappa shape index (κ2) is 17.4. The van der Waals surface area contributed by atoms with Crippen LogP contribution in [0.4, 0.5) is 0 Å². The summed E-state index contributed by atoms with van der Waals surface area (Å²) < 4.78 is 5.27. The Morgan fingerprint density at radius 2 is 1.85 bits per heavy atom. The molecule has 0 fully saturated rings. The summed E-state index contributed by atoms with van der Waals surface area (Å²) in [6.45, 7) is 1.78. The maximum absolute atomic E-state index is 12.9. The van der Waals surface area contributed by atoms with E-state index in [1.807, 2.05) is 18.2 Å². The molecule has 0 saturated heterocycles. The fourth-order valence-electron chi connectivity index (χ4n) is 3.56. The summed E-state index contributed by atoms with van der Waals surface area (Å²) in [6.07, 6.45) is 9.24. The molecule has 34 heavy (non-hydrogen) atoms. The van der Waals surface area contributed by atoms with Gasteiger partial charge in [0.25, 0.3) is 0 Å². The number of unbranched alkanes of at least 4 members (excludes halogenated alkanes) is 4. The first-order chi connectivity index (χ1) is 15.4. The van der Waals surface area contributed by atoms with Gasteiger partial charge in [0.15, 0.2) is 0 Å². The van der Waals surface area contributed by atoms with Gasteiger partial charge < -0.3 is 22.1 Å². The molecule has 0 bridgehead atoms. The van der Waals surface area contributed by atoms with Gasteiger partial charge in [-0.1, -0.05) is 56.3 Å². The zero-order valence-electron chi connectivity index (χ0n) is 20.8. The number of aliphatic carboxylic acids is 1. The molecule has 6 heteroatoms. The predicted octanol–water partition coefficient (Wildman–Crippen LogP) is 4.05. The number of hydrogen-bond acceptors (Lipinski definition) is 3. The predicted molar refractivity (Wildman–Crippen MR) is 134 cm³/mol. The van der Waals surface area contributed by atoms with E-state index in [0.717, 1.165) is 37.1 Å². The molecule has 2 aromatic carbocycles. The van der Waals surface area contributed by atoms with Crippen LogP contribution in [0.2, 0.25) is 5.02 Å². The van der Waals surface area contributed by atoms with E-state index in [4.69, 9.17) is 21.4 Å². The van der Waals surface area contributed by atoms with Gasteiger partial charge in [-0.25, -0.2) is 23.3 Å². The summed E-state index contributed by atoms with van der Waals surface area (Å²) in [6, 6.07) is 16.3. The van der Waals surface area contributed by atoms with Crippen LogP contribution in [0.5, 0.6) is 5.75 Å². The molecule has 180 valence electrons. The minimum atomic E-state index is -0.898. The number of ether oxygens (including phenoxy) is 1. The zero-order valence-corrected chi connectivity index (χ0v) is 21.6. The van der Waals surface area contributed by atoms with E-state index in [0.29, 0.717) is 23.3 Å². The van der Waals surface area contributed by atoms with Gasteiger partial charge >= 0.3 is 24.8 Å². The summed E-state index contributed by atoms with van der Waals surface area (Å²) in [7, 11) is 1.58. The number of ketones is 1. The fraction of sp³-hybridized carbons (Fsp3) is 0.393. The molecule has 0 heterocycles. The third kappa shape index (κ3) is 11.9. The monoisotopic (exact) mass is 476 g/mol. The Bertz CT molecular complexity index is 926. The van der Waals surface area contributed by atoms with Gasteiger partial charge in [0.05, 0.1) is 7.11 Å². The molecule has 0 radical (unpaired) electrons. The number of carboxylic acids is 1. The van der Waals surface area contributed by atoms with Crippen LogP contribution in [0, 0.1) is 25.5 Å². The number of allylic oxidation sites excluding steroid dienone is 2. The largest absolute Gasteiger partial charge is 1.00 e. The number of carbonyl (C=O) groups excluding carboxylic acids is 1. The summed E-state index contributed by atoms with van der Waals surface area (Å²) in [5.74, 6) is -0.603. The van der Waals surface area contributed by atoms with Crippen LogP contribution in [0.1, 0.15) is 63.0 Å². The van der Waals surface area contributed by atoms with E-state index in [-0.39, 0.29) is 50.8 Å². The number of carboxylic acid groups (broad SMARTS) is 1. The molecule has 0 saturated carbocycles. The Balaban J connectivity index is 0.00000544. The van der Waals surface area contributed by atoms with Crippen molar-refractivity contribution < 1.29 is 38.3 Å². The number of Topliss-reactive ketones (excluding diaryl/α,β-unsaturated/α-hetero) is 1. The average Bonchev–Trinajstić information content (AvgIpc) is 2.75. The SMILES string of the molecule is COc1cc[c-]c(C(=[C-]CCCCCCc2cccc(Cl)c2)C(=O)C[C@H](C)CC(=O)O)c1.[CH3-].[Li+]. The van der Waals surface area contributed by atoms with Crippen LogP contribution in [-0.4, -0.2) is 24.0 Å². The Morgan fingerprint density at radius 3 is 2.53 bits per heavy atom. The molecule has 1 atom stereocenters. The summed E-state index contributed by atoms with van der Waals surface area (Å²) in [4.78, 5) is 23.9. The number of benzene rings is 2. The molecule has 2 rings (SSSR count).